The standard InChI is InChI=1S/C12H23N3O2/c1-3-6-14-8-9-15(12(14)16)7-5-11(10-13)17-4-2/h8-9,11H,3-7,10,13H2,1-2H3. The molecule has 1 unspecified atom stereocenters. The summed E-state index contributed by atoms with van der Waals surface area (Å²) < 4.78 is 8.91. The van der Waals surface area contributed by atoms with Crippen molar-refractivity contribution in [2.24, 2.45) is 5.73 Å². The molecule has 0 saturated carbocycles. The first kappa shape index (κ1) is 14.0. The molecule has 0 aliphatic rings. The summed E-state index contributed by atoms with van der Waals surface area (Å²) in [5.74, 6) is 0. The van der Waals surface area contributed by atoms with E-state index in [0.29, 0.717) is 19.7 Å². The van der Waals surface area contributed by atoms with Crippen molar-refractivity contribution in [2.75, 3.05) is 13.2 Å². The molecule has 5 nitrogen and oxygen atoms in total. The Morgan fingerprint density at radius 1 is 1.29 bits per heavy atom. The smallest absolute Gasteiger partial charge is 0.328 e. The lowest BCUT2D eigenvalue weighted by atomic mass is 10.2. The first-order valence-corrected chi connectivity index (χ1v) is 6.30. The van der Waals surface area contributed by atoms with Crippen LogP contribution in [0.15, 0.2) is 17.2 Å². The first-order valence-electron chi connectivity index (χ1n) is 6.30. The summed E-state index contributed by atoms with van der Waals surface area (Å²) in [6, 6.07) is 0. The first-order chi connectivity index (χ1) is 8.22. The lowest BCUT2D eigenvalue weighted by Gasteiger charge is -2.14. The van der Waals surface area contributed by atoms with Gasteiger partial charge < -0.3 is 10.5 Å². The van der Waals surface area contributed by atoms with E-state index in [2.05, 4.69) is 6.92 Å². The van der Waals surface area contributed by atoms with E-state index in [1.165, 1.54) is 0 Å². The molecule has 2 N–H and O–H groups in total. The average molecular weight is 241 g/mol. The lowest BCUT2D eigenvalue weighted by molar-refractivity contribution is 0.0597. The van der Waals surface area contributed by atoms with Crippen molar-refractivity contribution < 1.29 is 4.74 Å². The summed E-state index contributed by atoms with van der Waals surface area (Å²) >= 11 is 0. The third-order valence-corrected chi connectivity index (χ3v) is 2.74. The maximum absolute atomic E-state index is 11.9. The van der Waals surface area contributed by atoms with Gasteiger partial charge >= 0.3 is 5.69 Å². The molecule has 0 bridgehead atoms. The molecular formula is C12H23N3O2. The zero-order chi connectivity index (χ0) is 12.7. The fourth-order valence-electron chi connectivity index (χ4n) is 1.82. The van der Waals surface area contributed by atoms with E-state index < -0.39 is 0 Å². The van der Waals surface area contributed by atoms with E-state index >= 15 is 0 Å². The Balaban J connectivity index is 2.54. The minimum absolute atomic E-state index is 0.0430. The minimum Gasteiger partial charge on any atom is -0.377 e. The number of nitrogens with zero attached hydrogens (tertiary/aromatic N) is 2. The van der Waals surface area contributed by atoms with Crippen LogP contribution in [0.25, 0.3) is 0 Å². The van der Waals surface area contributed by atoms with Gasteiger partial charge in [-0.15, -0.1) is 0 Å². The fraction of sp³-hybridized carbons (Fsp3) is 0.750. The van der Waals surface area contributed by atoms with Gasteiger partial charge in [-0.2, -0.15) is 0 Å². The molecule has 0 fully saturated rings. The van der Waals surface area contributed by atoms with Crippen LogP contribution in [0.3, 0.4) is 0 Å². The van der Waals surface area contributed by atoms with Crippen molar-refractivity contribution in [3.05, 3.63) is 22.9 Å². The number of aromatic nitrogens is 2. The van der Waals surface area contributed by atoms with E-state index in [4.69, 9.17) is 10.5 Å². The van der Waals surface area contributed by atoms with Gasteiger partial charge in [0.1, 0.15) is 0 Å². The van der Waals surface area contributed by atoms with Gasteiger partial charge in [0, 0.05) is 38.6 Å². The molecule has 0 spiro atoms. The third kappa shape index (κ3) is 4.02. The molecule has 0 saturated heterocycles. The van der Waals surface area contributed by atoms with Crippen molar-refractivity contribution in [1.29, 1.82) is 0 Å². The molecule has 1 heterocycles. The Morgan fingerprint density at radius 3 is 2.47 bits per heavy atom. The van der Waals surface area contributed by atoms with Crippen LogP contribution < -0.4 is 11.4 Å². The largest absolute Gasteiger partial charge is 0.377 e. The highest BCUT2D eigenvalue weighted by Crippen LogP contribution is 1.99. The van der Waals surface area contributed by atoms with Crippen LogP contribution in [-0.4, -0.2) is 28.4 Å². The Kier molecular flexibility index (Phi) is 6.00. The molecule has 0 aliphatic heterocycles. The summed E-state index contributed by atoms with van der Waals surface area (Å²) in [7, 11) is 0. The van der Waals surface area contributed by atoms with Gasteiger partial charge in [0.2, 0.25) is 0 Å². The third-order valence-electron chi connectivity index (χ3n) is 2.74. The van der Waals surface area contributed by atoms with Gasteiger partial charge in [-0.1, -0.05) is 6.92 Å². The molecule has 5 heteroatoms. The zero-order valence-electron chi connectivity index (χ0n) is 10.8. The zero-order valence-corrected chi connectivity index (χ0v) is 10.8. The SMILES string of the molecule is CCCn1ccn(CCC(CN)OCC)c1=O. The second kappa shape index (κ2) is 7.29. The van der Waals surface area contributed by atoms with Gasteiger partial charge in [0.05, 0.1) is 6.10 Å². The number of nitrogens with two attached hydrogens (primary N) is 1. The fourth-order valence-corrected chi connectivity index (χ4v) is 1.82. The van der Waals surface area contributed by atoms with Crippen molar-refractivity contribution in [1.82, 2.24) is 9.13 Å². The Bertz CT molecular complexity index is 370. The quantitative estimate of drug-likeness (QED) is 0.732. The van der Waals surface area contributed by atoms with Crippen LogP contribution in [-0.2, 0) is 17.8 Å². The molecule has 98 valence electrons. The molecule has 1 rings (SSSR count). The molecule has 17 heavy (non-hydrogen) atoms. The molecule has 1 aromatic rings. The molecule has 0 amide bonds. The second-order valence-electron chi connectivity index (χ2n) is 4.07. The Hall–Kier alpha value is -1.07. The summed E-state index contributed by atoms with van der Waals surface area (Å²) in [5.41, 5.74) is 5.65. The molecule has 0 radical (unpaired) electrons. The highest BCUT2D eigenvalue weighted by Gasteiger charge is 2.08. The van der Waals surface area contributed by atoms with Crippen LogP contribution >= 0.6 is 0 Å². The Morgan fingerprint density at radius 2 is 1.94 bits per heavy atom. The Labute approximate surface area is 102 Å². The number of hydrogen-bond acceptors (Lipinski definition) is 3. The van der Waals surface area contributed by atoms with Crippen molar-refractivity contribution in [3.8, 4) is 0 Å². The van der Waals surface area contributed by atoms with Crippen LogP contribution in [0.5, 0.6) is 0 Å². The predicted molar refractivity (Wildman–Crippen MR) is 68.1 cm³/mol. The minimum atomic E-state index is 0.0430. The molecule has 0 aliphatic carbocycles. The molecule has 1 aromatic heterocycles. The summed E-state index contributed by atoms with van der Waals surface area (Å²) in [4.78, 5) is 11.9. The topological polar surface area (TPSA) is 62.2 Å². The summed E-state index contributed by atoms with van der Waals surface area (Å²) in [5, 5.41) is 0. The molecule has 0 aromatic carbocycles. The van der Waals surface area contributed by atoms with Gasteiger partial charge in [-0.25, -0.2) is 4.79 Å². The maximum atomic E-state index is 11.9. The monoisotopic (exact) mass is 241 g/mol. The maximum Gasteiger partial charge on any atom is 0.328 e. The van der Waals surface area contributed by atoms with E-state index in [1.54, 1.807) is 9.13 Å². The second-order valence-corrected chi connectivity index (χ2v) is 4.07. The van der Waals surface area contributed by atoms with Crippen LogP contribution in [0.2, 0.25) is 0 Å². The van der Waals surface area contributed by atoms with Gasteiger partial charge in [0.25, 0.3) is 0 Å². The van der Waals surface area contributed by atoms with Gasteiger partial charge in [-0.05, 0) is 19.8 Å². The van der Waals surface area contributed by atoms with E-state index in [0.717, 1.165) is 19.4 Å². The molecule has 1 atom stereocenters. The van der Waals surface area contributed by atoms with E-state index in [9.17, 15) is 4.79 Å². The van der Waals surface area contributed by atoms with Crippen molar-refractivity contribution in [2.45, 2.75) is 45.9 Å². The average Bonchev–Trinajstić information content (AvgIpc) is 2.67. The lowest BCUT2D eigenvalue weighted by Crippen LogP contribution is -2.29. The van der Waals surface area contributed by atoms with Crippen molar-refractivity contribution >= 4 is 0 Å². The van der Waals surface area contributed by atoms with E-state index in [1.807, 2.05) is 19.3 Å². The normalized spacial score (nSPS) is 12.9. The number of hydrogen-bond donors (Lipinski definition) is 1. The number of aryl methyl sites for hydroxylation is 2. The molecular weight excluding hydrogens is 218 g/mol. The number of ether oxygens (including phenoxy) is 1. The number of rotatable bonds is 8. The van der Waals surface area contributed by atoms with E-state index in [-0.39, 0.29) is 11.8 Å². The highest BCUT2D eigenvalue weighted by atomic mass is 16.5. The van der Waals surface area contributed by atoms with Crippen LogP contribution in [0, 0.1) is 0 Å². The predicted octanol–water partition coefficient (Wildman–Crippen LogP) is 0.814. The van der Waals surface area contributed by atoms with Gasteiger partial charge in [-0.3, -0.25) is 9.13 Å². The summed E-state index contributed by atoms with van der Waals surface area (Å²) in [6.45, 7) is 6.61. The number of imidazole rings is 1. The van der Waals surface area contributed by atoms with Gasteiger partial charge in [0.15, 0.2) is 0 Å². The van der Waals surface area contributed by atoms with Crippen LogP contribution in [0.4, 0.5) is 0 Å². The highest BCUT2D eigenvalue weighted by molar-refractivity contribution is 4.81. The van der Waals surface area contributed by atoms with Crippen LogP contribution in [0.1, 0.15) is 26.7 Å². The summed E-state index contributed by atoms with van der Waals surface area (Å²) in [6.07, 6.45) is 5.46. The van der Waals surface area contributed by atoms with Crippen molar-refractivity contribution in [3.63, 3.8) is 0 Å².